The second-order valence-electron chi connectivity index (χ2n) is 6.05. The van der Waals surface area contributed by atoms with Crippen LogP contribution >= 0.6 is 11.3 Å². The maximum absolute atomic E-state index is 14.2. The lowest BCUT2D eigenvalue weighted by molar-refractivity contribution is 0.00863. The van der Waals surface area contributed by atoms with Crippen molar-refractivity contribution >= 4 is 22.4 Å². The number of imidazole rings is 1. The van der Waals surface area contributed by atoms with E-state index in [0.717, 1.165) is 21.8 Å². The molecule has 2 aromatic heterocycles. The molecule has 4 rings (SSSR count). The molecule has 0 spiro atoms. The van der Waals surface area contributed by atoms with Gasteiger partial charge in [0.1, 0.15) is 35.5 Å². The average Bonchev–Trinajstić information content (AvgIpc) is 3.32. The van der Waals surface area contributed by atoms with Crippen molar-refractivity contribution in [3.05, 3.63) is 40.6 Å². The number of hydrogen-bond donors (Lipinski definition) is 1. The van der Waals surface area contributed by atoms with E-state index in [1.807, 2.05) is 28.5 Å². The van der Waals surface area contributed by atoms with Crippen LogP contribution in [0.25, 0.3) is 11.0 Å². The number of hydrogen-bond acceptors (Lipinski definition) is 6. The molecule has 25 heavy (non-hydrogen) atoms. The molecule has 1 aliphatic rings. The molecule has 6 nitrogen and oxygen atoms in total. The number of fused-ring (bicyclic) bond motifs is 1. The quantitative estimate of drug-likeness (QED) is 0.731. The Labute approximate surface area is 148 Å². The number of alkyl halides is 1. The molecule has 0 aliphatic carbocycles. The van der Waals surface area contributed by atoms with Crippen LogP contribution in [0.3, 0.4) is 0 Å². The van der Waals surface area contributed by atoms with E-state index in [1.54, 1.807) is 24.6 Å². The van der Waals surface area contributed by atoms with Crippen LogP contribution in [0.15, 0.2) is 29.8 Å². The Morgan fingerprint density at radius 3 is 3.12 bits per heavy atom. The molecule has 0 radical (unpaired) electrons. The van der Waals surface area contributed by atoms with Gasteiger partial charge >= 0.3 is 0 Å². The smallest absolute Gasteiger partial charge is 0.140 e. The molecule has 0 bridgehead atoms. The number of nitrogens with zero attached hydrogens (tertiary/aromatic N) is 3. The van der Waals surface area contributed by atoms with Crippen LogP contribution < -0.4 is 4.74 Å². The average molecular weight is 362 g/mol. The molecule has 3 heterocycles. The first-order chi connectivity index (χ1) is 12.2. The lowest BCUT2D eigenvalue weighted by Gasteiger charge is -2.14. The lowest BCUT2D eigenvalue weighted by atomic mass is 10.3. The highest BCUT2D eigenvalue weighted by Gasteiger charge is 2.34. The van der Waals surface area contributed by atoms with Crippen LogP contribution in [0.4, 0.5) is 4.39 Å². The molecule has 8 heteroatoms. The van der Waals surface area contributed by atoms with Crippen LogP contribution in [0, 0.1) is 0 Å². The maximum Gasteiger partial charge on any atom is 0.140 e. The Morgan fingerprint density at radius 1 is 1.40 bits per heavy atom. The Balaban J connectivity index is 1.36. The number of halogens is 1. The minimum atomic E-state index is -0.996. The molecule has 1 aromatic carbocycles. The highest BCUT2D eigenvalue weighted by atomic mass is 32.1. The number of aromatic amines is 1. The van der Waals surface area contributed by atoms with Crippen molar-refractivity contribution < 1.29 is 13.9 Å². The van der Waals surface area contributed by atoms with Gasteiger partial charge in [-0.2, -0.15) is 0 Å². The van der Waals surface area contributed by atoms with E-state index in [4.69, 9.17) is 9.47 Å². The second kappa shape index (κ2) is 7.07. The summed E-state index contributed by atoms with van der Waals surface area (Å²) in [5.74, 6) is 1.45. The molecule has 1 aliphatic heterocycles. The van der Waals surface area contributed by atoms with E-state index in [-0.39, 0.29) is 6.61 Å². The lowest BCUT2D eigenvalue weighted by Crippen LogP contribution is -2.24. The van der Waals surface area contributed by atoms with Crippen LogP contribution in [0.1, 0.15) is 10.8 Å². The SMILES string of the molecule is COc1ccc2nc(COC3CN(Cc4nccs4)CC3F)[nH]c2c1. The van der Waals surface area contributed by atoms with Crippen molar-refractivity contribution in [2.24, 2.45) is 0 Å². The Bertz CT molecular complexity index is 838. The first kappa shape index (κ1) is 16.4. The van der Waals surface area contributed by atoms with E-state index < -0.39 is 12.3 Å². The van der Waals surface area contributed by atoms with Crippen LogP contribution in [-0.4, -0.2) is 52.3 Å². The number of methoxy groups -OCH3 is 1. The highest BCUT2D eigenvalue weighted by molar-refractivity contribution is 7.09. The second-order valence-corrected chi connectivity index (χ2v) is 7.03. The molecule has 0 amide bonds. The van der Waals surface area contributed by atoms with Gasteiger partial charge in [-0.25, -0.2) is 14.4 Å². The largest absolute Gasteiger partial charge is 0.497 e. The van der Waals surface area contributed by atoms with Gasteiger partial charge in [-0.1, -0.05) is 0 Å². The normalized spacial score (nSPS) is 21.2. The van der Waals surface area contributed by atoms with E-state index in [0.29, 0.717) is 25.5 Å². The molecule has 3 aromatic rings. The standard InChI is InChI=1S/C17H19FN4O2S/c1-23-11-2-3-13-14(6-11)21-16(20-13)10-24-15-8-22(7-12(15)18)9-17-19-4-5-25-17/h2-6,12,15H,7-10H2,1H3,(H,20,21). The fraction of sp³-hybridized carbons (Fsp3) is 0.412. The maximum atomic E-state index is 14.2. The minimum absolute atomic E-state index is 0.257. The van der Waals surface area contributed by atoms with Crippen molar-refractivity contribution in [3.63, 3.8) is 0 Å². The fourth-order valence-electron chi connectivity index (χ4n) is 3.04. The summed E-state index contributed by atoms with van der Waals surface area (Å²) >= 11 is 1.59. The molecule has 1 fully saturated rings. The summed E-state index contributed by atoms with van der Waals surface area (Å²) in [4.78, 5) is 14.0. The molecule has 2 atom stereocenters. The first-order valence-electron chi connectivity index (χ1n) is 8.10. The third-order valence-electron chi connectivity index (χ3n) is 4.29. The minimum Gasteiger partial charge on any atom is -0.497 e. The number of aromatic nitrogens is 3. The molecule has 1 saturated heterocycles. The number of likely N-dealkylation sites (tertiary alicyclic amines) is 1. The van der Waals surface area contributed by atoms with E-state index in [9.17, 15) is 4.39 Å². The summed E-state index contributed by atoms with van der Waals surface area (Å²) in [5, 5.41) is 2.93. The number of benzene rings is 1. The zero-order valence-corrected chi connectivity index (χ0v) is 14.6. The van der Waals surface area contributed by atoms with E-state index >= 15 is 0 Å². The first-order valence-corrected chi connectivity index (χ1v) is 8.98. The zero-order valence-electron chi connectivity index (χ0n) is 13.8. The fourth-order valence-corrected chi connectivity index (χ4v) is 3.70. The predicted molar refractivity (Wildman–Crippen MR) is 93.5 cm³/mol. The molecule has 2 unspecified atom stereocenters. The number of ether oxygens (including phenoxy) is 2. The van der Waals surface area contributed by atoms with Crippen molar-refractivity contribution in [2.45, 2.75) is 25.4 Å². The van der Waals surface area contributed by atoms with Gasteiger partial charge in [0.25, 0.3) is 0 Å². The van der Waals surface area contributed by atoms with Gasteiger partial charge in [0.2, 0.25) is 0 Å². The topological polar surface area (TPSA) is 63.3 Å². The Kier molecular flexibility index (Phi) is 4.65. The third kappa shape index (κ3) is 3.65. The summed E-state index contributed by atoms with van der Waals surface area (Å²) in [7, 11) is 1.63. The number of H-pyrrole nitrogens is 1. The monoisotopic (exact) mass is 362 g/mol. The van der Waals surface area contributed by atoms with E-state index in [2.05, 4.69) is 15.0 Å². The van der Waals surface area contributed by atoms with Gasteiger partial charge < -0.3 is 14.5 Å². The summed E-state index contributed by atoms with van der Waals surface area (Å²) in [6.07, 6.45) is 0.334. The zero-order chi connectivity index (χ0) is 17.2. The van der Waals surface area contributed by atoms with Crippen molar-refractivity contribution in [2.75, 3.05) is 20.2 Å². The Hall–Kier alpha value is -2.03. The molecule has 1 N–H and O–H groups in total. The summed E-state index contributed by atoms with van der Waals surface area (Å²) < 4.78 is 25.2. The van der Waals surface area contributed by atoms with Crippen molar-refractivity contribution in [1.29, 1.82) is 0 Å². The molecular weight excluding hydrogens is 343 g/mol. The number of nitrogens with one attached hydrogen (secondary N) is 1. The molecule has 132 valence electrons. The van der Waals surface area contributed by atoms with Gasteiger partial charge in [0.05, 0.1) is 24.7 Å². The van der Waals surface area contributed by atoms with Crippen LogP contribution in [0.5, 0.6) is 5.75 Å². The van der Waals surface area contributed by atoms with Gasteiger partial charge in [0, 0.05) is 30.7 Å². The molecular formula is C17H19FN4O2S. The number of thiazole rings is 1. The Morgan fingerprint density at radius 2 is 2.32 bits per heavy atom. The molecule has 0 saturated carbocycles. The highest BCUT2D eigenvalue weighted by Crippen LogP contribution is 2.22. The van der Waals surface area contributed by atoms with Crippen LogP contribution in [0.2, 0.25) is 0 Å². The summed E-state index contributed by atoms with van der Waals surface area (Å²) in [6, 6.07) is 5.63. The van der Waals surface area contributed by atoms with Gasteiger partial charge in [0.15, 0.2) is 0 Å². The number of rotatable bonds is 6. The van der Waals surface area contributed by atoms with Crippen molar-refractivity contribution in [3.8, 4) is 5.75 Å². The van der Waals surface area contributed by atoms with Gasteiger partial charge in [-0.05, 0) is 12.1 Å². The summed E-state index contributed by atoms with van der Waals surface area (Å²) in [6.45, 7) is 1.87. The van der Waals surface area contributed by atoms with Crippen LogP contribution in [-0.2, 0) is 17.9 Å². The summed E-state index contributed by atoms with van der Waals surface area (Å²) in [5.41, 5.74) is 1.72. The third-order valence-corrected chi connectivity index (χ3v) is 5.05. The van der Waals surface area contributed by atoms with Gasteiger partial charge in [-0.3, -0.25) is 4.90 Å². The predicted octanol–water partition coefficient (Wildman–Crippen LogP) is 2.77. The van der Waals surface area contributed by atoms with Crippen molar-refractivity contribution in [1.82, 2.24) is 19.9 Å². The van der Waals surface area contributed by atoms with E-state index in [1.165, 1.54) is 0 Å². The van der Waals surface area contributed by atoms with Gasteiger partial charge in [-0.15, -0.1) is 11.3 Å².